The van der Waals surface area contributed by atoms with Crippen LogP contribution in [0.15, 0.2) is 78.9 Å². The Morgan fingerprint density at radius 3 is 2.06 bits per heavy atom. The molecule has 0 radical (unpaired) electrons. The SMILES string of the molecule is CC(c1ccccc1)N(Cc1ccccc1)C(CC(=O)OC(C)(C)C)c1ccc(Cl)c(C(F)(F)F)c1. The molecule has 0 amide bonds. The van der Waals surface area contributed by atoms with Gasteiger partial charge in [-0.25, -0.2) is 0 Å². The zero-order valence-corrected chi connectivity index (χ0v) is 21.6. The minimum atomic E-state index is -4.63. The Balaban J connectivity index is 2.13. The topological polar surface area (TPSA) is 29.5 Å². The number of rotatable bonds is 8. The molecular weight excluding hydrogens is 487 g/mol. The van der Waals surface area contributed by atoms with E-state index in [0.29, 0.717) is 12.1 Å². The van der Waals surface area contributed by atoms with Gasteiger partial charge in [-0.2, -0.15) is 13.2 Å². The molecule has 0 saturated heterocycles. The molecule has 0 fully saturated rings. The zero-order valence-electron chi connectivity index (χ0n) is 20.9. The molecule has 7 heteroatoms. The van der Waals surface area contributed by atoms with E-state index in [1.165, 1.54) is 6.07 Å². The Labute approximate surface area is 215 Å². The van der Waals surface area contributed by atoms with Crippen molar-refractivity contribution < 1.29 is 22.7 Å². The summed E-state index contributed by atoms with van der Waals surface area (Å²) in [4.78, 5) is 15.0. The average Bonchev–Trinajstić information content (AvgIpc) is 2.80. The Bertz CT molecular complexity index is 1140. The maximum atomic E-state index is 13.8. The average molecular weight is 518 g/mol. The summed E-state index contributed by atoms with van der Waals surface area (Å²) in [6, 6.07) is 22.2. The van der Waals surface area contributed by atoms with Gasteiger partial charge in [0.1, 0.15) is 5.60 Å². The number of carbonyl (C=O) groups excluding carboxylic acids is 1. The molecule has 0 N–H and O–H groups in total. The normalized spacial score (nSPS) is 13.9. The molecule has 0 aliphatic rings. The quantitative estimate of drug-likeness (QED) is 0.281. The molecule has 0 aromatic heterocycles. The largest absolute Gasteiger partial charge is 0.460 e. The highest BCUT2D eigenvalue weighted by molar-refractivity contribution is 6.31. The monoisotopic (exact) mass is 517 g/mol. The Kier molecular flexibility index (Phi) is 8.85. The van der Waals surface area contributed by atoms with Crippen molar-refractivity contribution in [2.24, 2.45) is 0 Å². The smallest absolute Gasteiger partial charge is 0.417 e. The van der Waals surface area contributed by atoms with Crippen molar-refractivity contribution in [2.75, 3.05) is 0 Å². The summed E-state index contributed by atoms with van der Waals surface area (Å²) in [5, 5.41) is -0.381. The van der Waals surface area contributed by atoms with E-state index in [1.54, 1.807) is 26.8 Å². The first kappa shape index (κ1) is 27.8. The molecule has 0 aliphatic heterocycles. The van der Waals surface area contributed by atoms with Crippen LogP contribution < -0.4 is 0 Å². The summed E-state index contributed by atoms with van der Waals surface area (Å²) in [6.45, 7) is 7.68. The predicted molar refractivity (Wildman–Crippen MR) is 136 cm³/mol. The first-order chi connectivity index (χ1) is 16.8. The fourth-order valence-electron chi connectivity index (χ4n) is 4.17. The molecule has 3 nitrogen and oxygen atoms in total. The number of halogens is 4. The van der Waals surface area contributed by atoms with Crippen LogP contribution in [0.1, 0.15) is 68.5 Å². The molecule has 2 atom stereocenters. The molecule has 3 aromatic carbocycles. The van der Waals surface area contributed by atoms with Crippen LogP contribution >= 0.6 is 11.6 Å². The standard InChI is InChI=1S/C29H31ClF3NO2/c1-20(22-13-9-6-10-14-22)34(19-21-11-7-5-8-12-21)26(18-27(35)36-28(2,3)4)23-15-16-25(30)24(17-23)29(31,32)33/h5-17,20,26H,18-19H2,1-4H3. The molecule has 3 rings (SSSR count). The lowest BCUT2D eigenvalue weighted by molar-refractivity contribution is -0.156. The van der Waals surface area contributed by atoms with Gasteiger partial charge < -0.3 is 4.74 Å². The van der Waals surface area contributed by atoms with Crippen LogP contribution in [0.3, 0.4) is 0 Å². The van der Waals surface area contributed by atoms with Crippen LogP contribution in [0.2, 0.25) is 5.02 Å². The number of alkyl halides is 3. The number of carbonyl (C=O) groups is 1. The summed E-state index contributed by atoms with van der Waals surface area (Å²) in [6.07, 6.45) is -4.75. The van der Waals surface area contributed by atoms with E-state index < -0.39 is 29.4 Å². The van der Waals surface area contributed by atoms with E-state index >= 15 is 0 Å². The van der Waals surface area contributed by atoms with Gasteiger partial charge >= 0.3 is 12.1 Å². The maximum Gasteiger partial charge on any atom is 0.417 e. The van der Waals surface area contributed by atoms with E-state index in [2.05, 4.69) is 0 Å². The summed E-state index contributed by atoms with van der Waals surface area (Å²) >= 11 is 5.92. The van der Waals surface area contributed by atoms with E-state index in [1.807, 2.05) is 72.5 Å². The van der Waals surface area contributed by atoms with Gasteiger partial charge in [0.2, 0.25) is 0 Å². The van der Waals surface area contributed by atoms with Crippen LogP contribution in [-0.2, 0) is 22.3 Å². The van der Waals surface area contributed by atoms with Gasteiger partial charge in [-0.3, -0.25) is 9.69 Å². The Hall–Kier alpha value is -2.83. The number of hydrogen-bond acceptors (Lipinski definition) is 3. The van der Waals surface area contributed by atoms with Crippen molar-refractivity contribution in [3.05, 3.63) is 106 Å². The van der Waals surface area contributed by atoms with Gasteiger partial charge in [-0.15, -0.1) is 0 Å². The van der Waals surface area contributed by atoms with Crippen LogP contribution in [0, 0.1) is 0 Å². The van der Waals surface area contributed by atoms with E-state index in [4.69, 9.17) is 16.3 Å². The van der Waals surface area contributed by atoms with Crippen molar-refractivity contribution in [1.82, 2.24) is 4.90 Å². The third-order valence-electron chi connectivity index (χ3n) is 5.85. The number of benzene rings is 3. The van der Waals surface area contributed by atoms with Crippen molar-refractivity contribution in [2.45, 2.75) is 64.5 Å². The number of nitrogens with zero attached hydrogens (tertiary/aromatic N) is 1. The van der Waals surface area contributed by atoms with Crippen LogP contribution in [-0.4, -0.2) is 16.5 Å². The lowest BCUT2D eigenvalue weighted by Gasteiger charge is -2.37. The molecule has 3 aromatic rings. The number of hydrogen-bond donors (Lipinski definition) is 0. The second kappa shape index (κ2) is 11.5. The number of ether oxygens (including phenoxy) is 1. The van der Waals surface area contributed by atoms with E-state index in [0.717, 1.165) is 17.2 Å². The second-order valence-corrected chi connectivity index (χ2v) is 10.2. The first-order valence-electron chi connectivity index (χ1n) is 11.8. The molecule has 36 heavy (non-hydrogen) atoms. The summed E-state index contributed by atoms with van der Waals surface area (Å²) in [7, 11) is 0. The first-order valence-corrected chi connectivity index (χ1v) is 12.2. The zero-order chi connectivity index (χ0) is 26.5. The second-order valence-electron chi connectivity index (χ2n) is 9.79. The molecule has 2 unspecified atom stereocenters. The van der Waals surface area contributed by atoms with Gasteiger partial charge in [0.25, 0.3) is 0 Å². The maximum absolute atomic E-state index is 13.8. The fourth-order valence-corrected chi connectivity index (χ4v) is 4.39. The minimum absolute atomic E-state index is 0.125. The van der Waals surface area contributed by atoms with Crippen molar-refractivity contribution >= 4 is 17.6 Å². The molecular formula is C29H31ClF3NO2. The molecule has 0 bridgehead atoms. The molecule has 0 saturated carbocycles. The Morgan fingerprint density at radius 1 is 0.917 bits per heavy atom. The van der Waals surface area contributed by atoms with Gasteiger partial charge in [0.15, 0.2) is 0 Å². The highest BCUT2D eigenvalue weighted by Crippen LogP contribution is 2.40. The summed E-state index contributed by atoms with van der Waals surface area (Å²) < 4.78 is 46.9. The minimum Gasteiger partial charge on any atom is -0.460 e. The summed E-state index contributed by atoms with van der Waals surface area (Å²) in [5.74, 6) is -0.491. The highest BCUT2D eigenvalue weighted by Gasteiger charge is 2.36. The van der Waals surface area contributed by atoms with Crippen LogP contribution in [0.5, 0.6) is 0 Å². The van der Waals surface area contributed by atoms with Crippen molar-refractivity contribution in [3.63, 3.8) is 0 Å². The number of esters is 1. The lowest BCUT2D eigenvalue weighted by atomic mass is 9.95. The van der Waals surface area contributed by atoms with E-state index in [-0.39, 0.29) is 17.5 Å². The molecule has 0 heterocycles. The molecule has 0 aliphatic carbocycles. The predicted octanol–water partition coefficient (Wildman–Crippen LogP) is 8.40. The van der Waals surface area contributed by atoms with Gasteiger partial charge in [0.05, 0.1) is 17.0 Å². The molecule has 192 valence electrons. The van der Waals surface area contributed by atoms with Gasteiger partial charge in [0, 0.05) is 18.6 Å². The van der Waals surface area contributed by atoms with E-state index in [9.17, 15) is 18.0 Å². The fraction of sp³-hybridized carbons (Fsp3) is 0.345. The van der Waals surface area contributed by atoms with Crippen LogP contribution in [0.25, 0.3) is 0 Å². The molecule has 0 spiro atoms. The van der Waals surface area contributed by atoms with Gasteiger partial charge in [-0.05, 0) is 56.5 Å². The lowest BCUT2D eigenvalue weighted by Crippen LogP contribution is -2.34. The van der Waals surface area contributed by atoms with Gasteiger partial charge in [-0.1, -0.05) is 78.3 Å². The third-order valence-corrected chi connectivity index (χ3v) is 6.18. The van der Waals surface area contributed by atoms with Crippen molar-refractivity contribution in [3.8, 4) is 0 Å². The Morgan fingerprint density at radius 2 is 1.50 bits per heavy atom. The third kappa shape index (κ3) is 7.58. The summed E-state index contributed by atoms with van der Waals surface area (Å²) in [5.41, 5.74) is 0.639. The highest BCUT2D eigenvalue weighted by atomic mass is 35.5. The van der Waals surface area contributed by atoms with Crippen molar-refractivity contribution in [1.29, 1.82) is 0 Å². The van der Waals surface area contributed by atoms with Crippen LogP contribution in [0.4, 0.5) is 13.2 Å².